The summed E-state index contributed by atoms with van der Waals surface area (Å²) in [5.74, 6) is 0. The van der Waals surface area contributed by atoms with Crippen LogP contribution in [0.5, 0.6) is 0 Å². The summed E-state index contributed by atoms with van der Waals surface area (Å²) >= 11 is 1.60. The number of hydrogen-bond acceptors (Lipinski definition) is 5. The molecular formula is C22H15N3O2S. The Bertz CT molecular complexity index is 1150. The number of nitro benzene ring substituents is 1. The summed E-state index contributed by atoms with van der Waals surface area (Å²) in [5, 5.41) is 13.9. The van der Waals surface area contributed by atoms with Gasteiger partial charge in [-0.05, 0) is 17.7 Å². The van der Waals surface area contributed by atoms with Crippen LogP contribution in [0.2, 0.25) is 0 Å². The first-order chi connectivity index (χ1) is 13.7. The fourth-order valence-corrected chi connectivity index (χ4v) is 3.57. The zero-order valence-corrected chi connectivity index (χ0v) is 15.5. The molecule has 0 aliphatic carbocycles. The molecule has 6 heteroatoms. The Labute approximate surface area is 165 Å². The molecule has 0 atom stereocenters. The van der Waals surface area contributed by atoms with E-state index in [1.54, 1.807) is 29.7 Å². The number of nitrogens with zero attached hydrogens (tertiary/aromatic N) is 3. The van der Waals surface area contributed by atoms with Gasteiger partial charge in [0.1, 0.15) is 5.01 Å². The lowest BCUT2D eigenvalue weighted by Crippen LogP contribution is -1.89. The number of aliphatic imine (C=N–C) groups is 1. The van der Waals surface area contributed by atoms with Crippen molar-refractivity contribution in [1.29, 1.82) is 0 Å². The molecule has 3 aromatic carbocycles. The van der Waals surface area contributed by atoms with Crippen LogP contribution < -0.4 is 0 Å². The van der Waals surface area contributed by atoms with Gasteiger partial charge in [0, 0.05) is 34.9 Å². The van der Waals surface area contributed by atoms with E-state index >= 15 is 0 Å². The molecule has 0 amide bonds. The number of thiazole rings is 1. The predicted molar refractivity (Wildman–Crippen MR) is 113 cm³/mol. The minimum absolute atomic E-state index is 0.0496. The average Bonchev–Trinajstić information content (AvgIpc) is 3.24. The molecule has 0 radical (unpaired) electrons. The van der Waals surface area contributed by atoms with Crippen molar-refractivity contribution >= 4 is 28.9 Å². The Kier molecular flexibility index (Phi) is 5.03. The van der Waals surface area contributed by atoms with Gasteiger partial charge in [0.25, 0.3) is 5.69 Å². The highest BCUT2D eigenvalue weighted by atomic mass is 32.1. The first-order valence-electron chi connectivity index (χ1n) is 8.59. The standard InChI is InChI=1S/C22H15N3O2S/c26-25(27)20-11-4-6-16(12-20)14-23-19-10-5-9-18(13-19)21-15-28-22(24-21)17-7-2-1-3-8-17/h1-15H. The van der Waals surface area contributed by atoms with Gasteiger partial charge in [-0.1, -0.05) is 54.6 Å². The monoisotopic (exact) mass is 385 g/mol. The minimum Gasteiger partial charge on any atom is -0.258 e. The van der Waals surface area contributed by atoms with Crippen LogP contribution in [0.3, 0.4) is 0 Å². The zero-order chi connectivity index (χ0) is 19.3. The molecule has 0 aliphatic rings. The summed E-state index contributed by atoms with van der Waals surface area (Å²) in [6, 6.07) is 24.2. The third kappa shape index (κ3) is 4.02. The Morgan fingerprint density at radius 2 is 1.71 bits per heavy atom. The normalized spacial score (nSPS) is 11.0. The van der Waals surface area contributed by atoms with Crippen LogP contribution in [0.4, 0.5) is 11.4 Å². The molecule has 0 fully saturated rings. The van der Waals surface area contributed by atoms with Crippen molar-refractivity contribution < 1.29 is 4.92 Å². The van der Waals surface area contributed by atoms with Crippen molar-refractivity contribution in [3.63, 3.8) is 0 Å². The SMILES string of the molecule is O=[N+]([O-])c1cccc(C=Nc2cccc(-c3csc(-c4ccccc4)n3)c2)c1. The molecule has 28 heavy (non-hydrogen) atoms. The smallest absolute Gasteiger partial charge is 0.258 e. The van der Waals surface area contributed by atoms with Crippen LogP contribution in [0.15, 0.2) is 89.2 Å². The average molecular weight is 385 g/mol. The summed E-state index contributed by atoms with van der Waals surface area (Å²) in [4.78, 5) is 19.7. The van der Waals surface area contributed by atoms with Crippen molar-refractivity contribution in [2.75, 3.05) is 0 Å². The van der Waals surface area contributed by atoms with Crippen LogP contribution in [0.1, 0.15) is 5.56 Å². The third-order valence-corrected chi connectivity index (χ3v) is 5.00. The van der Waals surface area contributed by atoms with Gasteiger partial charge in [-0.3, -0.25) is 15.1 Å². The van der Waals surface area contributed by atoms with Crippen LogP contribution in [-0.2, 0) is 0 Å². The highest BCUT2D eigenvalue weighted by molar-refractivity contribution is 7.13. The lowest BCUT2D eigenvalue weighted by atomic mass is 10.1. The highest BCUT2D eigenvalue weighted by Gasteiger charge is 2.07. The van der Waals surface area contributed by atoms with Gasteiger partial charge in [-0.25, -0.2) is 4.98 Å². The van der Waals surface area contributed by atoms with Gasteiger partial charge < -0.3 is 0 Å². The Morgan fingerprint density at radius 3 is 2.54 bits per heavy atom. The third-order valence-electron chi connectivity index (χ3n) is 4.11. The van der Waals surface area contributed by atoms with Gasteiger partial charge in [-0.2, -0.15) is 0 Å². The molecule has 0 aliphatic heterocycles. The number of nitro groups is 1. The topological polar surface area (TPSA) is 68.4 Å². The Hall–Kier alpha value is -3.64. The van der Waals surface area contributed by atoms with Crippen LogP contribution >= 0.6 is 11.3 Å². The number of aromatic nitrogens is 1. The molecule has 5 nitrogen and oxygen atoms in total. The van der Waals surface area contributed by atoms with Gasteiger partial charge in [0.05, 0.1) is 16.3 Å². The second kappa shape index (κ2) is 7.94. The van der Waals surface area contributed by atoms with E-state index < -0.39 is 4.92 Å². The van der Waals surface area contributed by atoms with E-state index in [1.165, 1.54) is 12.1 Å². The lowest BCUT2D eigenvalue weighted by molar-refractivity contribution is -0.384. The van der Waals surface area contributed by atoms with Gasteiger partial charge in [-0.15, -0.1) is 11.3 Å². The summed E-state index contributed by atoms with van der Waals surface area (Å²) < 4.78 is 0. The number of non-ortho nitro benzene ring substituents is 1. The fraction of sp³-hybridized carbons (Fsp3) is 0. The van der Waals surface area contributed by atoms with Gasteiger partial charge in [0.15, 0.2) is 0 Å². The molecule has 1 heterocycles. The van der Waals surface area contributed by atoms with Gasteiger partial charge >= 0.3 is 0 Å². The van der Waals surface area contributed by atoms with E-state index in [-0.39, 0.29) is 5.69 Å². The summed E-state index contributed by atoms with van der Waals surface area (Å²) in [6.07, 6.45) is 1.63. The first kappa shape index (κ1) is 17.8. The molecule has 0 spiro atoms. The van der Waals surface area contributed by atoms with Crippen LogP contribution in [0, 0.1) is 10.1 Å². The molecule has 0 N–H and O–H groups in total. The molecule has 0 saturated carbocycles. The number of benzene rings is 3. The summed E-state index contributed by atoms with van der Waals surface area (Å²) in [7, 11) is 0. The Balaban J connectivity index is 1.58. The highest BCUT2D eigenvalue weighted by Crippen LogP contribution is 2.30. The predicted octanol–water partition coefficient (Wildman–Crippen LogP) is 6.14. The van der Waals surface area contributed by atoms with E-state index in [0.717, 1.165) is 27.5 Å². The van der Waals surface area contributed by atoms with E-state index in [1.807, 2.05) is 60.0 Å². The molecule has 1 aromatic heterocycles. The Morgan fingerprint density at radius 1 is 0.929 bits per heavy atom. The van der Waals surface area contributed by atoms with E-state index in [4.69, 9.17) is 4.98 Å². The minimum atomic E-state index is -0.412. The van der Waals surface area contributed by atoms with Gasteiger partial charge in [0.2, 0.25) is 0 Å². The summed E-state index contributed by atoms with van der Waals surface area (Å²) in [6.45, 7) is 0. The maximum Gasteiger partial charge on any atom is 0.270 e. The second-order valence-corrected chi connectivity index (χ2v) is 6.92. The van der Waals surface area contributed by atoms with Crippen molar-refractivity contribution in [2.24, 2.45) is 4.99 Å². The molecule has 136 valence electrons. The van der Waals surface area contributed by atoms with Crippen molar-refractivity contribution in [3.8, 4) is 21.8 Å². The van der Waals surface area contributed by atoms with Crippen LogP contribution in [-0.4, -0.2) is 16.1 Å². The zero-order valence-electron chi connectivity index (χ0n) is 14.7. The largest absolute Gasteiger partial charge is 0.270 e. The van der Waals surface area contributed by atoms with Crippen LogP contribution in [0.25, 0.3) is 21.8 Å². The fourth-order valence-electron chi connectivity index (χ4n) is 2.73. The number of hydrogen-bond donors (Lipinski definition) is 0. The quantitative estimate of drug-likeness (QED) is 0.235. The molecule has 4 rings (SSSR count). The van der Waals surface area contributed by atoms with E-state index in [9.17, 15) is 10.1 Å². The molecule has 0 bridgehead atoms. The van der Waals surface area contributed by atoms with E-state index in [0.29, 0.717) is 5.56 Å². The maximum atomic E-state index is 10.9. The van der Waals surface area contributed by atoms with Crippen molar-refractivity contribution in [2.45, 2.75) is 0 Å². The first-order valence-corrected chi connectivity index (χ1v) is 9.47. The molecule has 4 aromatic rings. The summed E-state index contributed by atoms with van der Waals surface area (Å²) in [5.41, 5.74) is 4.47. The van der Waals surface area contributed by atoms with Crippen molar-refractivity contribution in [3.05, 3.63) is 99.9 Å². The second-order valence-electron chi connectivity index (χ2n) is 6.06. The molecular weight excluding hydrogens is 370 g/mol. The van der Waals surface area contributed by atoms with Crippen molar-refractivity contribution in [1.82, 2.24) is 4.98 Å². The molecule has 0 saturated heterocycles. The number of rotatable bonds is 5. The molecule has 0 unspecified atom stereocenters. The lowest BCUT2D eigenvalue weighted by Gasteiger charge is -2.00. The van der Waals surface area contributed by atoms with E-state index in [2.05, 4.69) is 4.99 Å². The maximum absolute atomic E-state index is 10.9.